The molecule has 3 rings (SSSR count). The molecule has 0 radical (unpaired) electrons. The van der Waals surface area contributed by atoms with Crippen LogP contribution in [0.4, 0.5) is 0 Å². The fourth-order valence-electron chi connectivity index (χ4n) is 4.30. The molecular weight excluding hydrogens is 234 g/mol. The average molecular weight is 265 g/mol. The molecular formula is C16H31N3. The van der Waals surface area contributed by atoms with Gasteiger partial charge in [-0.1, -0.05) is 12.8 Å². The van der Waals surface area contributed by atoms with Crippen LogP contribution in [0.1, 0.15) is 51.9 Å². The normalized spacial score (nSPS) is 35.2. The lowest BCUT2D eigenvalue weighted by molar-refractivity contribution is 0.154. The van der Waals surface area contributed by atoms with Crippen molar-refractivity contribution in [2.24, 2.45) is 0 Å². The number of rotatable bonds is 4. The summed E-state index contributed by atoms with van der Waals surface area (Å²) in [5, 5.41) is 3.89. The summed E-state index contributed by atoms with van der Waals surface area (Å²) in [5.41, 5.74) is 0. The molecule has 3 aliphatic rings. The van der Waals surface area contributed by atoms with Crippen LogP contribution in [0.3, 0.4) is 0 Å². The molecule has 110 valence electrons. The van der Waals surface area contributed by atoms with Crippen molar-refractivity contribution in [3.8, 4) is 0 Å². The zero-order valence-electron chi connectivity index (χ0n) is 12.6. The van der Waals surface area contributed by atoms with Gasteiger partial charge >= 0.3 is 0 Å². The molecule has 0 aromatic heterocycles. The fraction of sp³-hybridized carbons (Fsp3) is 1.00. The molecule has 0 aromatic rings. The average Bonchev–Trinajstić information content (AvgIpc) is 2.89. The van der Waals surface area contributed by atoms with Crippen molar-refractivity contribution in [2.75, 3.05) is 32.7 Å². The highest BCUT2D eigenvalue weighted by Gasteiger charge is 2.35. The summed E-state index contributed by atoms with van der Waals surface area (Å²) in [6.45, 7) is 8.93. The first-order valence-electron chi connectivity index (χ1n) is 8.56. The van der Waals surface area contributed by atoms with Gasteiger partial charge in [0.05, 0.1) is 0 Å². The van der Waals surface area contributed by atoms with Crippen molar-refractivity contribution in [1.29, 1.82) is 0 Å². The lowest BCUT2D eigenvalue weighted by atomic mass is 9.99. The quantitative estimate of drug-likeness (QED) is 0.839. The maximum atomic E-state index is 3.89. The zero-order valence-corrected chi connectivity index (χ0v) is 12.6. The largest absolute Gasteiger partial charge is 0.311 e. The molecule has 19 heavy (non-hydrogen) atoms. The number of hydrogen-bond donors (Lipinski definition) is 1. The molecule has 0 saturated carbocycles. The first kappa shape index (κ1) is 13.8. The maximum absolute atomic E-state index is 3.89. The summed E-state index contributed by atoms with van der Waals surface area (Å²) in [6.07, 6.45) is 9.92. The Balaban J connectivity index is 1.43. The summed E-state index contributed by atoms with van der Waals surface area (Å²) in [4.78, 5) is 5.41. The monoisotopic (exact) mass is 265 g/mol. The van der Waals surface area contributed by atoms with Crippen LogP contribution >= 0.6 is 0 Å². The lowest BCUT2D eigenvalue weighted by Gasteiger charge is -2.35. The van der Waals surface area contributed by atoms with Crippen LogP contribution in [-0.2, 0) is 0 Å². The van der Waals surface area contributed by atoms with Gasteiger partial charge in [0.15, 0.2) is 0 Å². The van der Waals surface area contributed by atoms with Crippen LogP contribution in [0.15, 0.2) is 0 Å². The van der Waals surface area contributed by atoms with E-state index in [0.29, 0.717) is 0 Å². The van der Waals surface area contributed by atoms with E-state index < -0.39 is 0 Å². The van der Waals surface area contributed by atoms with Gasteiger partial charge in [0.2, 0.25) is 0 Å². The van der Waals surface area contributed by atoms with Crippen molar-refractivity contribution in [1.82, 2.24) is 15.1 Å². The van der Waals surface area contributed by atoms with Crippen molar-refractivity contribution >= 4 is 0 Å². The first-order valence-corrected chi connectivity index (χ1v) is 8.56. The summed E-state index contributed by atoms with van der Waals surface area (Å²) in [5.74, 6) is 0. The Kier molecular flexibility index (Phi) is 4.78. The summed E-state index contributed by atoms with van der Waals surface area (Å²) in [6, 6.07) is 2.34. The smallest absolute Gasteiger partial charge is 0.0249 e. The topological polar surface area (TPSA) is 18.5 Å². The molecule has 0 aromatic carbocycles. The van der Waals surface area contributed by atoms with E-state index in [1.807, 2.05) is 0 Å². The first-order chi connectivity index (χ1) is 9.34. The summed E-state index contributed by atoms with van der Waals surface area (Å²) in [7, 11) is 0. The molecule has 3 nitrogen and oxygen atoms in total. The van der Waals surface area contributed by atoms with Crippen LogP contribution in [0.25, 0.3) is 0 Å². The third-order valence-electron chi connectivity index (χ3n) is 5.55. The predicted molar refractivity (Wildman–Crippen MR) is 80.5 cm³/mol. The minimum Gasteiger partial charge on any atom is -0.311 e. The maximum Gasteiger partial charge on any atom is 0.0249 e. The highest BCUT2D eigenvalue weighted by molar-refractivity contribution is 4.94. The second-order valence-corrected chi connectivity index (χ2v) is 6.85. The number of fused-ring (bicyclic) bond motifs is 1. The Morgan fingerprint density at radius 1 is 0.947 bits per heavy atom. The standard InChI is InChI=1S/C16H31N3/c1-14(18-9-4-2-5-10-18)13-17-15-8-12-19-11-6-3-7-16(15)19/h14-17H,2-13H2,1H3. The highest BCUT2D eigenvalue weighted by atomic mass is 15.2. The molecule has 3 atom stereocenters. The molecule has 0 amide bonds. The van der Waals surface area contributed by atoms with Crippen molar-refractivity contribution in [3.05, 3.63) is 0 Å². The van der Waals surface area contributed by atoms with Crippen molar-refractivity contribution in [3.63, 3.8) is 0 Å². The lowest BCUT2D eigenvalue weighted by Crippen LogP contribution is -2.49. The Morgan fingerprint density at radius 3 is 2.58 bits per heavy atom. The molecule has 3 saturated heterocycles. The predicted octanol–water partition coefficient (Wildman–Crippen LogP) is 2.08. The third kappa shape index (κ3) is 3.32. The minimum absolute atomic E-state index is 0.720. The Hall–Kier alpha value is -0.120. The van der Waals surface area contributed by atoms with E-state index in [-0.39, 0.29) is 0 Å². The van der Waals surface area contributed by atoms with E-state index in [0.717, 1.165) is 18.1 Å². The Labute approximate surface area is 118 Å². The second-order valence-electron chi connectivity index (χ2n) is 6.85. The Morgan fingerprint density at radius 2 is 1.74 bits per heavy atom. The van der Waals surface area contributed by atoms with E-state index in [1.165, 1.54) is 77.7 Å². The van der Waals surface area contributed by atoms with E-state index in [9.17, 15) is 0 Å². The van der Waals surface area contributed by atoms with E-state index >= 15 is 0 Å². The Bertz CT molecular complexity index is 275. The molecule has 0 spiro atoms. The fourth-order valence-corrected chi connectivity index (χ4v) is 4.30. The van der Waals surface area contributed by atoms with Gasteiger partial charge in [0.1, 0.15) is 0 Å². The number of likely N-dealkylation sites (tertiary alicyclic amines) is 1. The van der Waals surface area contributed by atoms with Crippen LogP contribution in [0.5, 0.6) is 0 Å². The molecule has 3 heteroatoms. The molecule has 3 heterocycles. The van der Waals surface area contributed by atoms with Gasteiger partial charge < -0.3 is 5.32 Å². The van der Waals surface area contributed by atoms with Crippen molar-refractivity contribution in [2.45, 2.75) is 70.0 Å². The SMILES string of the molecule is CC(CNC1CCN2CCCCC12)N1CCCCC1. The zero-order chi connectivity index (χ0) is 13.1. The molecule has 0 bridgehead atoms. The van der Waals surface area contributed by atoms with Crippen molar-refractivity contribution < 1.29 is 0 Å². The van der Waals surface area contributed by atoms with Gasteiger partial charge in [-0.3, -0.25) is 9.80 Å². The molecule has 1 N–H and O–H groups in total. The van der Waals surface area contributed by atoms with Crippen LogP contribution < -0.4 is 5.32 Å². The number of piperidine rings is 2. The van der Waals surface area contributed by atoms with Gasteiger partial charge in [-0.2, -0.15) is 0 Å². The minimum atomic E-state index is 0.720. The molecule has 0 aliphatic carbocycles. The van der Waals surface area contributed by atoms with Crippen LogP contribution in [0.2, 0.25) is 0 Å². The number of nitrogens with zero attached hydrogens (tertiary/aromatic N) is 2. The molecule has 3 fully saturated rings. The van der Waals surface area contributed by atoms with Crippen LogP contribution in [0, 0.1) is 0 Å². The number of hydrogen-bond acceptors (Lipinski definition) is 3. The second kappa shape index (κ2) is 6.55. The molecule has 3 aliphatic heterocycles. The number of nitrogens with one attached hydrogen (secondary N) is 1. The van der Waals surface area contributed by atoms with E-state index in [4.69, 9.17) is 0 Å². The summed E-state index contributed by atoms with van der Waals surface area (Å²) < 4.78 is 0. The van der Waals surface area contributed by atoms with Gasteiger partial charge in [-0.15, -0.1) is 0 Å². The third-order valence-corrected chi connectivity index (χ3v) is 5.55. The van der Waals surface area contributed by atoms with Gasteiger partial charge in [-0.25, -0.2) is 0 Å². The van der Waals surface area contributed by atoms with Gasteiger partial charge in [0, 0.05) is 31.2 Å². The van der Waals surface area contributed by atoms with Crippen LogP contribution in [-0.4, -0.2) is 60.6 Å². The van der Waals surface area contributed by atoms with Gasteiger partial charge in [0.25, 0.3) is 0 Å². The van der Waals surface area contributed by atoms with Gasteiger partial charge in [-0.05, 0) is 58.7 Å². The van der Waals surface area contributed by atoms with E-state index in [2.05, 4.69) is 22.0 Å². The summed E-state index contributed by atoms with van der Waals surface area (Å²) >= 11 is 0. The highest BCUT2D eigenvalue weighted by Crippen LogP contribution is 2.27. The molecule has 3 unspecified atom stereocenters. The van der Waals surface area contributed by atoms with E-state index in [1.54, 1.807) is 0 Å².